The fraction of sp³-hybridized carbons (Fsp3) is 0.636. The molecule has 6 nitrogen and oxygen atoms in total. The number of carboxylic acid groups (broad SMARTS) is 1. The van der Waals surface area contributed by atoms with Gasteiger partial charge >= 0.3 is 6.09 Å². The van der Waals surface area contributed by atoms with Crippen molar-refractivity contribution in [2.45, 2.75) is 58.3 Å². The van der Waals surface area contributed by atoms with Gasteiger partial charge in [0, 0.05) is 38.3 Å². The molecule has 0 radical (unpaired) electrons. The second-order valence-corrected chi connectivity index (χ2v) is 7.83. The van der Waals surface area contributed by atoms with Crippen LogP contribution in [0.15, 0.2) is 24.3 Å². The maximum atomic E-state index is 11.9. The smallest absolute Gasteiger partial charge is 0.407 e. The van der Waals surface area contributed by atoms with Crippen LogP contribution in [0, 0.1) is 5.92 Å². The molecule has 1 aromatic carbocycles. The Bertz CT molecular complexity index is 614. The van der Waals surface area contributed by atoms with Crippen LogP contribution in [0.25, 0.3) is 0 Å². The first-order valence-corrected chi connectivity index (χ1v) is 10.6. The average Bonchev–Trinajstić information content (AvgIpc) is 3.52. The minimum Gasteiger partial charge on any atom is -0.465 e. The summed E-state index contributed by atoms with van der Waals surface area (Å²) in [5, 5.41) is 8.90. The highest BCUT2D eigenvalue weighted by atomic mass is 16.4. The average molecular weight is 390 g/mol. The molecule has 0 aromatic heterocycles. The van der Waals surface area contributed by atoms with Gasteiger partial charge in [-0.15, -0.1) is 0 Å². The molecule has 3 rings (SSSR count). The number of rotatable bonds is 6. The van der Waals surface area contributed by atoms with Gasteiger partial charge in [0.25, 0.3) is 0 Å². The molecule has 1 aromatic rings. The van der Waals surface area contributed by atoms with Gasteiger partial charge in [-0.1, -0.05) is 38.3 Å². The predicted molar refractivity (Wildman–Crippen MR) is 112 cm³/mol. The summed E-state index contributed by atoms with van der Waals surface area (Å²) in [6.07, 6.45) is 7.78. The van der Waals surface area contributed by atoms with Gasteiger partial charge in [-0.05, 0) is 49.3 Å². The van der Waals surface area contributed by atoms with Crippen LogP contribution in [-0.2, 0) is 11.2 Å². The van der Waals surface area contributed by atoms with Gasteiger partial charge in [0.05, 0.1) is 0 Å². The number of carbonyl (C=O) groups excluding carboxylic acids is 1. The van der Waals surface area contributed by atoms with E-state index in [1.165, 1.54) is 42.6 Å². The summed E-state index contributed by atoms with van der Waals surface area (Å²) in [6, 6.07) is 8.13. The SMILES string of the molecule is CCCCc1ccc(N)cc1.O=C(O)N1CCCN(C(=O)CCC2CC2)CC1. The van der Waals surface area contributed by atoms with Crippen LogP contribution < -0.4 is 5.73 Å². The Kier molecular flexibility index (Phi) is 9.11. The van der Waals surface area contributed by atoms with Crippen molar-refractivity contribution in [1.29, 1.82) is 0 Å². The summed E-state index contributed by atoms with van der Waals surface area (Å²) in [5.74, 6) is 0.977. The van der Waals surface area contributed by atoms with E-state index in [4.69, 9.17) is 10.8 Å². The number of carbonyl (C=O) groups is 2. The summed E-state index contributed by atoms with van der Waals surface area (Å²) in [5.41, 5.74) is 7.80. The van der Waals surface area contributed by atoms with Crippen LogP contribution in [-0.4, -0.2) is 53.1 Å². The minimum atomic E-state index is -0.878. The Labute approximate surface area is 168 Å². The van der Waals surface area contributed by atoms with Crippen molar-refractivity contribution in [3.63, 3.8) is 0 Å². The highest BCUT2D eigenvalue weighted by molar-refractivity contribution is 5.76. The van der Waals surface area contributed by atoms with Crippen molar-refractivity contribution >= 4 is 17.7 Å². The number of hydrogen-bond donors (Lipinski definition) is 2. The molecule has 2 fully saturated rings. The number of nitrogen functional groups attached to an aromatic ring is 1. The molecule has 28 heavy (non-hydrogen) atoms. The zero-order chi connectivity index (χ0) is 20.4. The first kappa shape index (κ1) is 22.1. The van der Waals surface area contributed by atoms with Crippen molar-refractivity contribution < 1.29 is 14.7 Å². The summed E-state index contributed by atoms with van der Waals surface area (Å²) >= 11 is 0. The fourth-order valence-corrected chi connectivity index (χ4v) is 3.32. The van der Waals surface area contributed by atoms with E-state index in [0.29, 0.717) is 32.6 Å². The predicted octanol–water partition coefficient (Wildman–Crippen LogP) is 4.00. The van der Waals surface area contributed by atoms with Gasteiger partial charge in [-0.2, -0.15) is 0 Å². The number of anilines is 1. The summed E-state index contributed by atoms with van der Waals surface area (Å²) in [7, 11) is 0. The highest BCUT2D eigenvalue weighted by Gasteiger charge is 2.25. The van der Waals surface area contributed by atoms with Crippen molar-refractivity contribution in [3.05, 3.63) is 29.8 Å². The third kappa shape index (κ3) is 8.19. The number of unbranched alkanes of at least 4 members (excludes halogenated alkanes) is 1. The molecule has 0 bridgehead atoms. The first-order chi connectivity index (χ1) is 13.5. The van der Waals surface area contributed by atoms with Crippen LogP contribution >= 0.6 is 0 Å². The molecule has 1 saturated carbocycles. The van der Waals surface area contributed by atoms with E-state index >= 15 is 0 Å². The lowest BCUT2D eigenvalue weighted by atomic mass is 10.1. The molecule has 2 aliphatic rings. The van der Waals surface area contributed by atoms with Gasteiger partial charge in [-0.25, -0.2) is 4.79 Å². The number of nitrogens with two attached hydrogens (primary N) is 1. The van der Waals surface area contributed by atoms with E-state index in [9.17, 15) is 9.59 Å². The Morgan fingerprint density at radius 3 is 2.32 bits per heavy atom. The monoisotopic (exact) mass is 389 g/mol. The second-order valence-electron chi connectivity index (χ2n) is 7.83. The van der Waals surface area contributed by atoms with Crippen LogP contribution in [0.4, 0.5) is 10.5 Å². The third-order valence-corrected chi connectivity index (χ3v) is 5.38. The first-order valence-electron chi connectivity index (χ1n) is 10.6. The minimum absolute atomic E-state index is 0.198. The quantitative estimate of drug-likeness (QED) is 0.720. The van der Waals surface area contributed by atoms with E-state index in [2.05, 4.69) is 19.1 Å². The van der Waals surface area contributed by atoms with Crippen LogP contribution in [0.2, 0.25) is 0 Å². The molecule has 156 valence electrons. The molecule has 3 N–H and O–H groups in total. The third-order valence-electron chi connectivity index (χ3n) is 5.38. The van der Waals surface area contributed by atoms with E-state index in [-0.39, 0.29) is 5.91 Å². The number of aryl methyl sites for hydroxylation is 1. The molecule has 1 saturated heterocycles. The van der Waals surface area contributed by atoms with E-state index in [1.54, 1.807) is 0 Å². The summed E-state index contributed by atoms with van der Waals surface area (Å²) in [4.78, 5) is 26.0. The molecule has 0 spiro atoms. The number of benzene rings is 1. The summed E-state index contributed by atoms with van der Waals surface area (Å²) < 4.78 is 0. The van der Waals surface area contributed by atoms with E-state index in [0.717, 1.165) is 24.4 Å². The standard InChI is InChI=1S/C12H20N2O3.C10H15N/c15-11(5-4-10-2-3-10)13-6-1-7-14(9-8-13)12(16)17;1-2-3-4-9-5-7-10(11)8-6-9/h10H,1-9H2,(H,16,17);5-8H,2-4,11H2,1H3. The van der Waals surface area contributed by atoms with Gasteiger partial charge in [0.2, 0.25) is 5.91 Å². The van der Waals surface area contributed by atoms with Gasteiger partial charge in [0.1, 0.15) is 0 Å². The normalized spacial score (nSPS) is 16.8. The van der Waals surface area contributed by atoms with Gasteiger partial charge < -0.3 is 20.6 Å². The molecule has 1 aliphatic heterocycles. The van der Waals surface area contributed by atoms with E-state index < -0.39 is 6.09 Å². The van der Waals surface area contributed by atoms with Crippen molar-refractivity contribution in [2.24, 2.45) is 5.92 Å². The van der Waals surface area contributed by atoms with Gasteiger partial charge in [-0.3, -0.25) is 4.79 Å². The summed E-state index contributed by atoms with van der Waals surface area (Å²) in [6.45, 7) is 4.45. The van der Waals surface area contributed by atoms with Gasteiger partial charge in [0.15, 0.2) is 0 Å². The second kappa shape index (κ2) is 11.6. The zero-order valence-electron chi connectivity index (χ0n) is 17.1. The number of nitrogens with zero attached hydrogens (tertiary/aromatic N) is 2. The van der Waals surface area contributed by atoms with Crippen LogP contribution in [0.1, 0.15) is 57.4 Å². The number of amides is 2. The molecule has 1 aliphatic carbocycles. The zero-order valence-corrected chi connectivity index (χ0v) is 17.1. The van der Waals surface area contributed by atoms with Crippen molar-refractivity contribution in [1.82, 2.24) is 9.80 Å². The highest BCUT2D eigenvalue weighted by Crippen LogP contribution is 2.33. The Balaban J connectivity index is 0.000000221. The van der Waals surface area contributed by atoms with Crippen LogP contribution in [0.5, 0.6) is 0 Å². The molecular weight excluding hydrogens is 354 g/mol. The van der Waals surface area contributed by atoms with Crippen molar-refractivity contribution in [3.8, 4) is 0 Å². The maximum Gasteiger partial charge on any atom is 0.407 e. The molecule has 1 heterocycles. The van der Waals surface area contributed by atoms with Crippen LogP contribution in [0.3, 0.4) is 0 Å². The van der Waals surface area contributed by atoms with Crippen molar-refractivity contribution in [2.75, 3.05) is 31.9 Å². The fourth-order valence-electron chi connectivity index (χ4n) is 3.32. The number of hydrogen-bond acceptors (Lipinski definition) is 3. The Morgan fingerprint density at radius 2 is 1.71 bits per heavy atom. The lowest BCUT2D eigenvalue weighted by Crippen LogP contribution is -2.36. The lowest BCUT2D eigenvalue weighted by Gasteiger charge is -2.20. The van der Waals surface area contributed by atoms with E-state index in [1.807, 2.05) is 17.0 Å². The molecule has 6 heteroatoms. The Morgan fingerprint density at radius 1 is 1.07 bits per heavy atom. The molecule has 0 atom stereocenters. The topological polar surface area (TPSA) is 86.9 Å². The Hall–Kier alpha value is -2.24. The maximum absolute atomic E-state index is 11.9. The molecule has 0 unspecified atom stereocenters. The molecule has 2 amide bonds. The molecular formula is C22H35N3O3. The lowest BCUT2D eigenvalue weighted by molar-refractivity contribution is -0.131. The largest absolute Gasteiger partial charge is 0.465 e.